The highest BCUT2D eigenvalue weighted by Gasteiger charge is 2.45. The van der Waals surface area contributed by atoms with Gasteiger partial charge in [0.15, 0.2) is 5.76 Å². The Hall–Kier alpha value is -2.55. The fraction of sp³-hybridized carbons (Fsp3) is 0.250. The zero-order valence-corrected chi connectivity index (χ0v) is 13.1. The first-order valence-electron chi connectivity index (χ1n) is 7.96. The Bertz CT molecular complexity index is 824. The van der Waals surface area contributed by atoms with Crippen LogP contribution in [-0.2, 0) is 5.41 Å². The number of fused-ring (bicyclic) bond motifs is 1. The molecule has 1 aliphatic rings. The minimum atomic E-state index is 0.147. The molecule has 0 saturated heterocycles. The molecule has 0 bridgehead atoms. The van der Waals surface area contributed by atoms with E-state index in [1.165, 1.54) is 5.56 Å². The summed E-state index contributed by atoms with van der Waals surface area (Å²) in [5, 5.41) is 14.1. The lowest BCUT2D eigenvalue weighted by Gasteiger charge is -2.45. The highest BCUT2D eigenvalue weighted by atomic mass is 16.4. The van der Waals surface area contributed by atoms with Gasteiger partial charge < -0.3 is 9.62 Å². The zero-order chi connectivity index (χ0) is 15.9. The molecule has 2 aromatic carbocycles. The molecule has 0 amide bonds. The number of hydrogen-bond donors (Lipinski definition) is 1. The normalized spacial score (nSPS) is 24.6. The van der Waals surface area contributed by atoms with Crippen molar-refractivity contribution in [1.82, 2.24) is 0 Å². The largest absolute Gasteiger partial charge is 0.455 e. The Balaban J connectivity index is 1.58. The van der Waals surface area contributed by atoms with Gasteiger partial charge in [0.05, 0.1) is 0 Å². The van der Waals surface area contributed by atoms with Crippen LogP contribution in [0, 0.1) is 5.92 Å². The second-order valence-corrected chi connectivity index (χ2v) is 6.67. The molecule has 0 unspecified atom stereocenters. The van der Waals surface area contributed by atoms with Crippen molar-refractivity contribution in [3.8, 4) is 0 Å². The van der Waals surface area contributed by atoms with Crippen LogP contribution >= 0.6 is 0 Å². The van der Waals surface area contributed by atoms with Crippen molar-refractivity contribution in [2.75, 3.05) is 0 Å². The summed E-state index contributed by atoms with van der Waals surface area (Å²) in [7, 11) is 0. The molecule has 3 heteroatoms. The lowest BCUT2D eigenvalue weighted by atomic mass is 9.58. The molecule has 3 aromatic rings. The van der Waals surface area contributed by atoms with E-state index in [0.29, 0.717) is 11.5 Å². The number of oxime groups is 1. The van der Waals surface area contributed by atoms with Crippen molar-refractivity contribution in [2.45, 2.75) is 25.2 Å². The molecular formula is C20H19NO2. The monoisotopic (exact) mass is 305 g/mol. The van der Waals surface area contributed by atoms with Crippen molar-refractivity contribution < 1.29 is 9.62 Å². The fourth-order valence-corrected chi connectivity index (χ4v) is 3.74. The van der Waals surface area contributed by atoms with E-state index in [4.69, 9.17) is 4.42 Å². The maximum Gasteiger partial charge on any atom is 0.153 e. The summed E-state index contributed by atoms with van der Waals surface area (Å²) in [4.78, 5) is 0. The molecule has 23 heavy (non-hydrogen) atoms. The van der Waals surface area contributed by atoms with E-state index < -0.39 is 0 Å². The number of furan rings is 1. The van der Waals surface area contributed by atoms with E-state index in [2.05, 4.69) is 36.3 Å². The molecule has 1 heterocycles. The lowest BCUT2D eigenvalue weighted by molar-refractivity contribution is 0.209. The van der Waals surface area contributed by atoms with Crippen LogP contribution < -0.4 is 0 Å². The van der Waals surface area contributed by atoms with Gasteiger partial charge in [-0.1, -0.05) is 60.6 Å². The summed E-state index contributed by atoms with van der Waals surface area (Å²) >= 11 is 0. The molecule has 1 saturated carbocycles. The van der Waals surface area contributed by atoms with Gasteiger partial charge in [-0.25, -0.2) is 0 Å². The number of rotatable bonds is 3. The fourth-order valence-electron chi connectivity index (χ4n) is 3.74. The van der Waals surface area contributed by atoms with Gasteiger partial charge >= 0.3 is 0 Å². The van der Waals surface area contributed by atoms with Gasteiger partial charge in [0.25, 0.3) is 0 Å². The molecule has 0 atom stereocenters. The Morgan fingerprint density at radius 1 is 1.09 bits per heavy atom. The summed E-state index contributed by atoms with van der Waals surface area (Å²) in [6.07, 6.45) is 1.93. The second kappa shape index (κ2) is 5.27. The second-order valence-electron chi connectivity index (χ2n) is 6.67. The first-order valence-corrected chi connectivity index (χ1v) is 7.96. The number of benzene rings is 2. The van der Waals surface area contributed by atoms with Crippen LogP contribution in [0.15, 0.2) is 70.2 Å². The lowest BCUT2D eigenvalue weighted by Crippen LogP contribution is -2.42. The third-order valence-electron chi connectivity index (χ3n) is 5.04. The van der Waals surface area contributed by atoms with Gasteiger partial charge in [-0.2, -0.15) is 0 Å². The highest BCUT2D eigenvalue weighted by molar-refractivity contribution is 6.03. The Morgan fingerprint density at radius 3 is 2.48 bits per heavy atom. The van der Waals surface area contributed by atoms with E-state index in [1.807, 2.05) is 36.4 Å². The van der Waals surface area contributed by atoms with Crippen LogP contribution in [0.1, 0.15) is 31.1 Å². The van der Waals surface area contributed by atoms with Crippen molar-refractivity contribution in [1.29, 1.82) is 0 Å². The molecule has 1 aliphatic carbocycles. The van der Waals surface area contributed by atoms with Gasteiger partial charge in [0.1, 0.15) is 11.3 Å². The summed E-state index contributed by atoms with van der Waals surface area (Å²) in [6.45, 7) is 2.27. The molecule has 0 aliphatic heterocycles. The maximum absolute atomic E-state index is 9.51. The highest BCUT2D eigenvalue weighted by Crippen LogP contribution is 2.49. The molecule has 0 radical (unpaired) electrons. The topological polar surface area (TPSA) is 45.7 Å². The van der Waals surface area contributed by atoms with Crippen LogP contribution in [0.5, 0.6) is 0 Å². The Kier molecular flexibility index (Phi) is 3.22. The van der Waals surface area contributed by atoms with Gasteiger partial charge in [-0.05, 0) is 36.0 Å². The van der Waals surface area contributed by atoms with Gasteiger partial charge in [0, 0.05) is 11.3 Å². The van der Waals surface area contributed by atoms with E-state index >= 15 is 0 Å². The first-order chi connectivity index (χ1) is 11.2. The molecule has 4 rings (SSSR count). The summed E-state index contributed by atoms with van der Waals surface area (Å²) in [5.41, 5.74) is 2.98. The molecule has 1 N–H and O–H groups in total. The van der Waals surface area contributed by atoms with Crippen molar-refractivity contribution in [3.63, 3.8) is 0 Å². The molecule has 116 valence electrons. The third kappa shape index (κ3) is 2.33. The predicted molar refractivity (Wildman–Crippen MR) is 91.1 cm³/mol. The Labute approximate surface area is 135 Å². The Morgan fingerprint density at radius 2 is 1.78 bits per heavy atom. The maximum atomic E-state index is 9.51. The number of para-hydroxylation sites is 1. The van der Waals surface area contributed by atoms with Gasteiger partial charge in [-0.15, -0.1) is 0 Å². The van der Waals surface area contributed by atoms with E-state index in [1.54, 1.807) is 0 Å². The number of nitrogens with zero attached hydrogens (tertiary/aromatic N) is 1. The average Bonchev–Trinajstić information content (AvgIpc) is 2.98. The minimum Gasteiger partial charge on any atom is -0.455 e. The zero-order valence-electron chi connectivity index (χ0n) is 13.1. The summed E-state index contributed by atoms with van der Waals surface area (Å²) in [5.74, 6) is 0.902. The molecule has 3 nitrogen and oxygen atoms in total. The van der Waals surface area contributed by atoms with Crippen LogP contribution in [0.2, 0.25) is 0 Å². The van der Waals surface area contributed by atoms with Crippen LogP contribution in [0.25, 0.3) is 11.0 Å². The molecular weight excluding hydrogens is 286 g/mol. The van der Waals surface area contributed by atoms with Crippen molar-refractivity contribution in [2.24, 2.45) is 11.1 Å². The van der Waals surface area contributed by atoms with Gasteiger partial charge in [0.2, 0.25) is 0 Å². The minimum absolute atomic E-state index is 0.147. The number of hydrogen-bond acceptors (Lipinski definition) is 3. The summed E-state index contributed by atoms with van der Waals surface area (Å²) in [6, 6.07) is 20.4. The van der Waals surface area contributed by atoms with Crippen molar-refractivity contribution >= 4 is 16.7 Å². The van der Waals surface area contributed by atoms with E-state index in [0.717, 1.165) is 23.8 Å². The third-order valence-corrected chi connectivity index (χ3v) is 5.04. The first kappa shape index (κ1) is 14.1. The van der Waals surface area contributed by atoms with Crippen molar-refractivity contribution in [3.05, 3.63) is 72.0 Å². The standard InChI is InChI=1S/C20H19NO2/c1-20(16-8-3-2-4-9-16)12-15(13-20)19(21-22)18-11-14-7-5-6-10-17(14)23-18/h2-11,15,22H,12-13H2,1H3/b21-19+. The summed E-state index contributed by atoms with van der Waals surface area (Å²) < 4.78 is 5.86. The van der Waals surface area contributed by atoms with Crippen LogP contribution in [0.3, 0.4) is 0 Å². The molecule has 1 aromatic heterocycles. The SMILES string of the molecule is CC1(c2ccccc2)CC(/C(=N\O)c2cc3ccccc3o2)C1. The van der Waals surface area contributed by atoms with Crippen LogP contribution in [-0.4, -0.2) is 10.9 Å². The van der Waals surface area contributed by atoms with E-state index in [-0.39, 0.29) is 11.3 Å². The quantitative estimate of drug-likeness (QED) is 0.421. The van der Waals surface area contributed by atoms with E-state index in [9.17, 15) is 5.21 Å². The van der Waals surface area contributed by atoms with Gasteiger partial charge in [-0.3, -0.25) is 0 Å². The molecule has 1 fully saturated rings. The van der Waals surface area contributed by atoms with Crippen LogP contribution in [0.4, 0.5) is 0 Å². The average molecular weight is 305 g/mol. The smallest absolute Gasteiger partial charge is 0.153 e. The predicted octanol–water partition coefficient (Wildman–Crippen LogP) is 4.98. The molecule has 0 spiro atoms.